The van der Waals surface area contributed by atoms with Gasteiger partial charge >= 0.3 is 0 Å². The molecular formula is C30H36N6OS. The van der Waals surface area contributed by atoms with E-state index in [1.165, 1.54) is 11.1 Å². The minimum atomic E-state index is 0.139. The number of thioether (sulfide) groups is 1. The molecule has 4 aromatic rings. The van der Waals surface area contributed by atoms with E-state index in [1.807, 2.05) is 50.2 Å². The molecule has 1 aliphatic heterocycles. The van der Waals surface area contributed by atoms with Gasteiger partial charge in [0.2, 0.25) is 0 Å². The molecule has 0 spiro atoms. The topological polar surface area (TPSA) is 67.2 Å². The summed E-state index contributed by atoms with van der Waals surface area (Å²) in [4.78, 5) is 21.6. The van der Waals surface area contributed by atoms with Crippen molar-refractivity contribution in [3.63, 3.8) is 0 Å². The van der Waals surface area contributed by atoms with Crippen LogP contribution in [0.25, 0.3) is 22.3 Å². The maximum absolute atomic E-state index is 12.8. The van der Waals surface area contributed by atoms with Crippen LogP contribution in [0.2, 0.25) is 0 Å². The second-order valence-electron chi connectivity index (χ2n) is 9.78. The highest BCUT2D eigenvalue weighted by atomic mass is 32.2. The number of nitrogens with zero attached hydrogens (tertiary/aromatic N) is 6. The van der Waals surface area contributed by atoms with Crippen LogP contribution in [-0.4, -0.2) is 73.9 Å². The molecule has 5 rings (SSSR count). The number of carbonyl (C=O) groups is 1. The van der Waals surface area contributed by atoms with E-state index in [0.717, 1.165) is 90.7 Å². The molecule has 38 heavy (non-hydrogen) atoms. The Morgan fingerprint density at radius 2 is 1.82 bits per heavy atom. The number of benzene rings is 2. The van der Waals surface area contributed by atoms with E-state index in [4.69, 9.17) is 0 Å². The van der Waals surface area contributed by atoms with E-state index in [2.05, 4.69) is 55.0 Å². The highest BCUT2D eigenvalue weighted by Crippen LogP contribution is 2.26. The van der Waals surface area contributed by atoms with Crippen LogP contribution in [0.5, 0.6) is 0 Å². The molecule has 0 bridgehead atoms. The summed E-state index contributed by atoms with van der Waals surface area (Å²) in [6, 6.07) is 16.6. The van der Waals surface area contributed by atoms with E-state index >= 15 is 0 Å². The van der Waals surface area contributed by atoms with Gasteiger partial charge in [-0.15, -0.1) is 10.2 Å². The van der Waals surface area contributed by atoms with Crippen LogP contribution < -0.4 is 0 Å². The Hall–Kier alpha value is -3.23. The second kappa shape index (κ2) is 12.1. The van der Waals surface area contributed by atoms with Gasteiger partial charge in [-0.25, -0.2) is 0 Å². The highest BCUT2D eigenvalue weighted by Gasteiger charge is 2.18. The van der Waals surface area contributed by atoms with Crippen LogP contribution in [0.1, 0.15) is 41.8 Å². The molecular weight excluding hydrogens is 492 g/mol. The fourth-order valence-electron chi connectivity index (χ4n) is 5.18. The molecule has 7 nitrogen and oxygen atoms in total. The van der Waals surface area contributed by atoms with Crippen molar-refractivity contribution in [2.45, 2.75) is 38.3 Å². The van der Waals surface area contributed by atoms with E-state index in [-0.39, 0.29) is 5.91 Å². The Kier molecular flexibility index (Phi) is 8.39. The van der Waals surface area contributed by atoms with Gasteiger partial charge in [-0.1, -0.05) is 23.9 Å². The van der Waals surface area contributed by atoms with Crippen LogP contribution >= 0.6 is 11.8 Å². The number of amides is 1. The summed E-state index contributed by atoms with van der Waals surface area (Å²) in [5, 5.41) is 11.0. The molecule has 0 saturated heterocycles. The first kappa shape index (κ1) is 26.4. The Morgan fingerprint density at radius 3 is 2.63 bits per heavy atom. The van der Waals surface area contributed by atoms with Crippen LogP contribution in [0.4, 0.5) is 0 Å². The summed E-state index contributed by atoms with van der Waals surface area (Å²) in [5.74, 6) is 2.02. The maximum atomic E-state index is 12.8. The lowest BCUT2D eigenvalue weighted by molar-refractivity contribution is 0.0773. The number of fused-ring (bicyclic) bond motifs is 2. The molecule has 198 valence electrons. The van der Waals surface area contributed by atoms with Crippen molar-refractivity contribution in [2.75, 3.05) is 38.5 Å². The first-order valence-electron chi connectivity index (χ1n) is 13.6. The molecule has 1 amide bonds. The van der Waals surface area contributed by atoms with Gasteiger partial charge in [0, 0.05) is 61.7 Å². The molecule has 2 aromatic carbocycles. The summed E-state index contributed by atoms with van der Waals surface area (Å²) >= 11 is 1.77. The molecule has 0 N–H and O–H groups in total. The molecule has 8 heteroatoms. The maximum Gasteiger partial charge on any atom is 0.253 e. The SMILES string of the molecule is CCN(CC)C(=O)c1ccc2c(c1)CCN(CCCSc1nnc(-c3ccc4ncccc4c3)n1C)CC2. The Labute approximate surface area is 229 Å². The van der Waals surface area contributed by atoms with E-state index in [1.54, 1.807) is 11.8 Å². The van der Waals surface area contributed by atoms with Crippen LogP contribution in [-0.2, 0) is 19.9 Å². The smallest absolute Gasteiger partial charge is 0.253 e. The zero-order chi connectivity index (χ0) is 26.5. The summed E-state index contributed by atoms with van der Waals surface area (Å²) in [5.41, 5.74) is 5.57. The third kappa shape index (κ3) is 5.76. The van der Waals surface area contributed by atoms with E-state index in [0.29, 0.717) is 0 Å². The highest BCUT2D eigenvalue weighted by molar-refractivity contribution is 7.99. The average molecular weight is 529 g/mol. The number of rotatable bonds is 9. The molecule has 0 atom stereocenters. The summed E-state index contributed by atoms with van der Waals surface area (Å²) in [6.45, 7) is 8.72. The molecule has 0 saturated carbocycles. The lowest BCUT2D eigenvalue weighted by atomic mass is 9.99. The van der Waals surface area contributed by atoms with Crippen molar-refractivity contribution in [3.8, 4) is 11.4 Å². The van der Waals surface area contributed by atoms with Crippen molar-refractivity contribution in [1.29, 1.82) is 0 Å². The molecule has 0 radical (unpaired) electrons. The van der Waals surface area contributed by atoms with Crippen LogP contribution in [0, 0.1) is 0 Å². The van der Waals surface area contributed by atoms with E-state index in [9.17, 15) is 4.79 Å². The Morgan fingerprint density at radius 1 is 1.00 bits per heavy atom. The zero-order valence-electron chi connectivity index (χ0n) is 22.6. The molecule has 0 unspecified atom stereocenters. The summed E-state index contributed by atoms with van der Waals surface area (Å²) < 4.78 is 2.09. The molecule has 3 heterocycles. The largest absolute Gasteiger partial charge is 0.339 e. The standard InChI is InChI=1S/C30H36N6OS/c1-4-36(5-2)29(37)26-10-9-22-13-17-35(18-14-23(22)20-26)16-7-19-38-30-33-32-28(34(30)3)25-11-12-27-24(21-25)8-6-15-31-27/h6,8-12,15,20-21H,4-5,7,13-14,16-19H2,1-3H3. The van der Waals surface area contributed by atoms with E-state index < -0.39 is 0 Å². The van der Waals surface area contributed by atoms with Crippen molar-refractivity contribution >= 4 is 28.6 Å². The second-order valence-corrected chi connectivity index (χ2v) is 10.8. The van der Waals surface area contributed by atoms with Gasteiger partial charge in [-0.05, 0) is 87.2 Å². The molecule has 1 aliphatic rings. The van der Waals surface area contributed by atoms with Crippen molar-refractivity contribution in [2.24, 2.45) is 7.05 Å². The van der Waals surface area contributed by atoms with Crippen molar-refractivity contribution in [1.82, 2.24) is 29.5 Å². The first-order valence-corrected chi connectivity index (χ1v) is 14.6. The third-order valence-electron chi connectivity index (χ3n) is 7.44. The van der Waals surface area contributed by atoms with Crippen LogP contribution in [0.15, 0.2) is 59.9 Å². The van der Waals surface area contributed by atoms with Gasteiger partial charge in [-0.2, -0.15) is 0 Å². The van der Waals surface area contributed by atoms with Gasteiger partial charge in [0.1, 0.15) is 0 Å². The quantitative estimate of drug-likeness (QED) is 0.223. The van der Waals surface area contributed by atoms with Gasteiger partial charge in [0.25, 0.3) is 5.91 Å². The van der Waals surface area contributed by atoms with Gasteiger partial charge in [0.05, 0.1) is 5.52 Å². The molecule has 0 aliphatic carbocycles. The van der Waals surface area contributed by atoms with Gasteiger partial charge in [-0.3, -0.25) is 9.78 Å². The summed E-state index contributed by atoms with van der Waals surface area (Å²) in [7, 11) is 2.04. The monoisotopic (exact) mass is 528 g/mol. The average Bonchev–Trinajstić information content (AvgIpc) is 3.19. The number of hydrogen-bond acceptors (Lipinski definition) is 6. The normalized spacial score (nSPS) is 13.9. The van der Waals surface area contributed by atoms with Gasteiger partial charge in [0.15, 0.2) is 11.0 Å². The first-order chi connectivity index (χ1) is 18.6. The minimum Gasteiger partial charge on any atom is -0.339 e. The molecule has 2 aromatic heterocycles. The Balaban J connectivity index is 1.13. The number of hydrogen-bond donors (Lipinski definition) is 0. The Bertz CT molecular complexity index is 1410. The predicted octanol–water partition coefficient (Wildman–Crippen LogP) is 5.10. The number of pyridine rings is 1. The predicted molar refractivity (Wildman–Crippen MR) is 155 cm³/mol. The number of aromatic nitrogens is 4. The fourth-order valence-corrected chi connectivity index (χ4v) is 6.01. The molecule has 0 fully saturated rings. The zero-order valence-corrected chi connectivity index (χ0v) is 23.4. The van der Waals surface area contributed by atoms with Gasteiger partial charge < -0.3 is 14.4 Å². The fraction of sp³-hybridized carbons (Fsp3) is 0.400. The van der Waals surface area contributed by atoms with Crippen molar-refractivity contribution < 1.29 is 4.79 Å². The minimum absolute atomic E-state index is 0.139. The van der Waals surface area contributed by atoms with Crippen LogP contribution in [0.3, 0.4) is 0 Å². The lowest BCUT2D eigenvalue weighted by Gasteiger charge is -2.19. The van der Waals surface area contributed by atoms with Crippen molar-refractivity contribution in [3.05, 3.63) is 71.4 Å². The lowest BCUT2D eigenvalue weighted by Crippen LogP contribution is -2.30. The number of carbonyl (C=O) groups excluding carboxylic acids is 1. The summed E-state index contributed by atoms with van der Waals surface area (Å²) in [6.07, 6.45) is 4.94. The third-order valence-corrected chi connectivity index (χ3v) is 8.55.